The Morgan fingerprint density at radius 3 is 2.00 bits per heavy atom. The molecule has 2 aromatic rings. The molecule has 0 radical (unpaired) electrons. The molecule has 0 bridgehead atoms. The Labute approximate surface area is 187 Å². The van der Waals surface area contributed by atoms with Gasteiger partial charge in [0.2, 0.25) is 5.91 Å². The van der Waals surface area contributed by atoms with E-state index in [2.05, 4.69) is 67.0 Å². The van der Waals surface area contributed by atoms with Crippen LogP contribution < -0.4 is 0 Å². The lowest BCUT2D eigenvalue weighted by atomic mass is 10.1. The van der Waals surface area contributed by atoms with E-state index in [1.807, 2.05) is 29.2 Å². The molecule has 1 fully saturated rings. The van der Waals surface area contributed by atoms with Crippen molar-refractivity contribution in [1.82, 2.24) is 14.7 Å². The van der Waals surface area contributed by atoms with E-state index >= 15 is 0 Å². The van der Waals surface area contributed by atoms with Crippen LogP contribution in [-0.2, 0) is 22.6 Å². The molecule has 1 aliphatic heterocycles. The quantitative estimate of drug-likeness (QED) is 0.585. The van der Waals surface area contributed by atoms with E-state index in [0.29, 0.717) is 13.1 Å². The molecular weight excluding hydrogens is 386 g/mol. The van der Waals surface area contributed by atoms with E-state index < -0.39 is 0 Å². The fourth-order valence-corrected chi connectivity index (χ4v) is 4.06. The van der Waals surface area contributed by atoms with Crippen LogP contribution in [0, 0.1) is 0 Å². The Morgan fingerprint density at radius 2 is 1.45 bits per heavy atom. The van der Waals surface area contributed by atoms with Crippen molar-refractivity contribution in [1.29, 1.82) is 0 Å². The number of amides is 1. The molecule has 1 atom stereocenters. The van der Waals surface area contributed by atoms with Gasteiger partial charge in [0.25, 0.3) is 0 Å². The van der Waals surface area contributed by atoms with Gasteiger partial charge in [0.15, 0.2) is 0 Å². The smallest absolute Gasteiger partial charge is 0.237 e. The number of rotatable bonds is 10. The van der Waals surface area contributed by atoms with Gasteiger partial charge in [-0.2, -0.15) is 0 Å². The standard InChI is InChI=1S/C26H37N3O2/c1-22(2)29(20-25-12-8-5-9-13-25)26(30)21-28(19-24-10-6-4-7-11-24)23(3)18-27-14-16-31-17-15-27/h4-13,22-23H,14-21H2,1-3H3. The Morgan fingerprint density at radius 1 is 0.903 bits per heavy atom. The second-order valence-corrected chi connectivity index (χ2v) is 8.75. The highest BCUT2D eigenvalue weighted by Crippen LogP contribution is 2.14. The van der Waals surface area contributed by atoms with Crippen LogP contribution in [0.5, 0.6) is 0 Å². The fourth-order valence-electron chi connectivity index (χ4n) is 4.06. The summed E-state index contributed by atoms with van der Waals surface area (Å²) in [7, 11) is 0. The van der Waals surface area contributed by atoms with Gasteiger partial charge < -0.3 is 9.64 Å². The van der Waals surface area contributed by atoms with Crippen LogP contribution in [0.15, 0.2) is 60.7 Å². The molecule has 0 saturated carbocycles. The summed E-state index contributed by atoms with van der Waals surface area (Å²) in [5.74, 6) is 0.184. The van der Waals surface area contributed by atoms with Gasteiger partial charge in [-0.3, -0.25) is 14.6 Å². The lowest BCUT2D eigenvalue weighted by Crippen LogP contribution is -2.50. The van der Waals surface area contributed by atoms with Gasteiger partial charge in [0.1, 0.15) is 0 Å². The normalized spacial score (nSPS) is 15.9. The Bertz CT molecular complexity index is 776. The summed E-state index contributed by atoms with van der Waals surface area (Å²) in [6, 6.07) is 21.1. The molecule has 0 N–H and O–H groups in total. The van der Waals surface area contributed by atoms with Gasteiger partial charge in [-0.25, -0.2) is 0 Å². The molecule has 31 heavy (non-hydrogen) atoms. The molecular formula is C26H37N3O2. The third-order valence-electron chi connectivity index (χ3n) is 5.96. The number of carbonyl (C=O) groups excluding carboxylic acids is 1. The predicted molar refractivity (Wildman–Crippen MR) is 126 cm³/mol. The maximum Gasteiger partial charge on any atom is 0.237 e. The maximum absolute atomic E-state index is 13.4. The largest absolute Gasteiger partial charge is 0.379 e. The monoisotopic (exact) mass is 423 g/mol. The summed E-state index contributed by atoms with van der Waals surface area (Å²) in [6.07, 6.45) is 0. The first-order valence-electron chi connectivity index (χ1n) is 11.4. The van der Waals surface area contributed by atoms with E-state index in [0.717, 1.165) is 39.4 Å². The molecule has 0 spiro atoms. The molecule has 5 heteroatoms. The molecule has 1 unspecified atom stereocenters. The molecule has 1 aliphatic rings. The van der Waals surface area contributed by atoms with E-state index in [-0.39, 0.29) is 18.0 Å². The Kier molecular flexibility index (Phi) is 9.07. The predicted octanol–water partition coefficient (Wildman–Crippen LogP) is 3.65. The van der Waals surface area contributed by atoms with Crippen molar-refractivity contribution in [3.63, 3.8) is 0 Å². The molecule has 0 aliphatic carbocycles. The van der Waals surface area contributed by atoms with Crippen LogP contribution in [0.2, 0.25) is 0 Å². The highest BCUT2D eigenvalue weighted by atomic mass is 16.5. The number of morpholine rings is 1. The van der Waals surface area contributed by atoms with Crippen molar-refractivity contribution in [3.8, 4) is 0 Å². The maximum atomic E-state index is 13.4. The summed E-state index contributed by atoms with van der Waals surface area (Å²) in [5, 5.41) is 0. The summed E-state index contributed by atoms with van der Waals surface area (Å²) < 4.78 is 5.50. The van der Waals surface area contributed by atoms with Crippen LogP contribution >= 0.6 is 0 Å². The van der Waals surface area contributed by atoms with E-state index in [4.69, 9.17) is 4.74 Å². The van der Waals surface area contributed by atoms with Gasteiger partial charge >= 0.3 is 0 Å². The topological polar surface area (TPSA) is 36.0 Å². The van der Waals surface area contributed by atoms with Crippen LogP contribution in [0.4, 0.5) is 0 Å². The minimum atomic E-state index is 0.154. The minimum absolute atomic E-state index is 0.154. The third kappa shape index (κ3) is 7.46. The van der Waals surface area contributed by atoms with Gasteiger partial charge in [0, 0.05) is 44.8 Å². The van der Waals surface area contributed by atoms with Gasteiger partial charge in [-0.1, -0.05) is 60.7 Å². The van der Waals surface area contributed by atoms with Crippen LogP contribution in [-0.4, -0.2) is 72.1 Å². The van der Waals surface area contributed by atoms with E-state index in [1.165, 1.54) is 11.1 Å². The zero-order chi connectivity index (χ0) is 22.1. The summed E-state index contributed by atoms with van der Waals surface area (Å²) in [5.41, 5.74) is 2.41. The van der Waals surface area contributed by atoms with Crippen LogP contribution in [0.3, 0.4) is 0 Å². The third-order valence-corrected chi connectivity index (χ3v) is 5.96. The number of hydrogen-bond donors (Lipinski definition) is 0. The average molecular weight is 424 g/mol. The fraction of sp³-hybridized carbons (Fsp3) is 0.500. The van der Waals surface area contributed by atoms with E-state index in [1.54, 1.807) is 0 Å². The minimum Gasteiger partial charge on any atom is -0.379 e. The molecule has 0 aromatic heterocycles. The number of nitrogens with zero attached hydrogens (tertiary/aromatic N) is 3. The van der Waals surface area contributed by atoms with Crippen LogP contribution in [0.1, 0.15) is 31.9 Å². The first-order valence-corrected chi connectivity index (χ1v) is 11.4. The number of hydrogen-bond acceptors (Lipinski definition) is 4. The molecule has 168 valence electrons. The average Bonchev–Trinajstić information content (AvgIpc) is 2.79. The van der Waals surface area contributed by atoms with Crippen molar-refractivity contribution >= 4 is 5.91 Å². The number of benzene rings is 2. The van der Waals surface area contributed by atoms with E-state index in [9.17, 15) is 4.79 Å². The first-order chi connectivity index (χ1) is 15.0. The van der Waals surface area contributed by atoms with Gasteiger partial charge in [-0.05, 0) is 31.9 Å². The summed E-state index contributed by atoms with van der Waals surface area (Å²) in [6.45, 7) is 12.7. The Balaban J connectivity index is 1.70. The molecule has 2 aromatic carbocycles. The first kappa shape index (κ1) is 23.5. The summed E-state index contributed by atoms with van der Waals surface area (Å²) >= 11 is 0. The van der Waals surface area contributed by atoms with Gasteiger partial charge in [-0.15, -0.1) is 0 Å². The van der Waals surface area contributed by atoms with Crippen LogP contribution in [0.25, 0.3) is 0 Å². The number of ether oxygens (including phenoxy) is 1. The van der Waals surface area contributed by atoms with Crippen molar-refractivity contribution < 1.29 is 9.53 Å². The number of carbonyl (C=O) groups is 1. The zero-order valence-corrected chi connectivity index (χ0v) is 19.2. The highest BCUT2D eigenvalue weighted by molar-refractivity contribution is 5.78. The van der Waals surface area contributed by atoms with Crippen molar-refractivity contribution in [3.05, 3.63) is 71.8 Å². The second kappa shape index (κ2) is 12.0. The summed E-state index contributed by atoms with van der Waals surface area (Å²) in [4.78, 5) is 20.2. The molecule has 5 nitrogen and oxygen atoms in total. The van der Waals surface area contributed by atoms with Crippen molar-refractivity contribution in [2.45, 2.75) is 45.9 Å². The molecule has 1 heterocycles. The molecule has 1 saturated heterocycles. The molecule has 3 rings (SSSR count). The molecule has 1 amide bonds. The zero-order valence-electron chi connectivity index (χ0n) is 19.2. The Hall–Kier alpha value is -2.21. The second-order valence-electron chi connectivity index (χ2n) is 8.75. The van der Waals surface area contributed by atoms with Crippen molar-refractivity contribution in [2.75, 3.05) is 39.4 Å². The highest BCUT2D eigenvalue weighted by Gasteiger charge is 2.25. The SMILES string of the molecule is CC(CN1CCOCC1)N(CC(=O)N(Cc1ccccc1)C(C)C)Cc1ccccc1. The lowest BCUT2D eigenvalue weighted by molar-refractivity contribution is -0.135. The lowest BCUT2D eigenvalue weighted by Gasteiger charge is -2.36. The van der Waals surface area contributed by atoms with Crippen molar-refractivity contribution in [2.24, 2.45) is 0 Å². The van der Waals surface area contributed by atoms with Gasteiger partial charge in [0.05, 0.1) is 19.8 Å².